The first kappa shape index (κ1) is 13.0. The number of hydrogen-bond acceptors (Lipinski definition) is 3. The highest BCUT2D eigenvalue weighted by molar-refractivity contribution is 6.30. The Balaban J connectivity index is 1.71. The summed E-state index contributed by atoms with van der Waals surface area (Å²) in [4.78, 5) is 0. The molecule has 1 N–H and O–H groups in total. The molecule has 3 aromatic rings. The Morgan fingerprint density at radius 1 is 1.10 bits per heavy atom. The van der Waals surface area contributed by atoms with Gasteiger partial charge in [0.1, 0.15) is 29.8 Å². The summed E-state index contributed by atoms with van der Waals surface area (Å²) in [7, 11) is 0. The average Bonchev–Trinajstić information content (AvgIpc) is 2.89. The number of furan rings is 1. The van der Waals surface area contributed by atoms with E-state index in [9.17, 15) is 5.11 Å². The molecule has 0 aliphatic heterocycles. The van der Waals surface area contributed by atoms with Crippen LogP contribution in [-0.4, -0.2) is 11.7 Å². The number of halogens is 1. The first-order chi connectivity index (χ1) is 9.72. The van der Waals surface area contributed by atoms with Crippen molar-refractivity contribution in [2.75, 3.05) is 6.61 Å². The minimum Gasteiger partial charge on any atom is -0.490 e. The molecule has 102 valence electrons. The Hall–Kier alpha value is -1.97. The van der Waals surface area contributed by atoms with Gasteiger partial charge in [0.05, 0.1) is 0 Å². The third-order valence-corrected chi connectivity index (χ3v) is 3.21. The zero-order valence-corrected chi connectivity index (χ0v) is 11.4. The molecule has 1 unspecified atom stereocenters. The quantitative estimate of drug-likeness (QED) is 0.782. The molecule has 20 heavy (non-hydrogen) atoms. The standard InChI is InChI=1S/C16H13ClO3/c17-12-5-3-6-13(9-12)19-10-14(18)16-8-11-4-1-2-7-15(11)20-16/h1-9,14,18H,10H2. The first-order valence-electron chi connectivity index (χ1n) is 6.27. The highest BCUT2D eigenvalue weighted by atomic mass is 35.5. The fourth-order valence-corrected chi connectivity index (χ4v) is 2.16. The highest BCUT2D eigenvalue weighted by Crippen LogP contribution is 2.25. The van der Waals surface area contributed by atoms with Gasteiger partial charge in [-0.15, -0.1) is 0 Å². The van der Waals surface area contributed by atoms with Crippen molar-refractivity contribution in [3.8, 4) is 5.75 Å². The second-order valence-corrected chi connectivity index (χ2v) is 4.91. The van der Waals surface area contributed by atoms with E-state index in [2.05, 4.69) is 0 Å². The van der Waals surface area contributed by atoms with Crippen LogP contribution in [0.2, 0.25) is 5.02 Å². The normalized spacial score (nSPS) is 12.5. The van der Waals surface area contributed by atoms with Crippen molar-refractivity contribution in [1.29, 1.82) is 0 Å². The highest BCUT2D eigenvalue weighted by Gasteiger charge is 2.14. The molecular formula is C16H13ClO3. The number of aliphatic hydroxyl groups is 1. The molecule has 3 rings (SSSR count). The molecule has 1 atom stereocenters. The summed E-state index contributed by atoms with van der Waals surface area (Å²) in [5.41, 5.74) is 0.754. The number of hydrogen-bond donors (Lipinski definition) is 1. The van der Waals surface area contributed by atoms with Crippen LogP contribution in [0.5, 0.6) is 5.75 Å². The molecule has 0 radical (unpaired) electrons. The lowest BCUT2D eigenvalue weighted by Crippen LogP contribution is -2.08. The van der Waals surface area contributed by atoms with E-state index in [1.807, 2.05) is 30.3 Å². The van der Waals surface area contributed by atoms with Gasteiger partial charge in [-0.1, -0.05) is 35.9 Å². The van der Waals surface area contributed by atoms with E-state index in [0.29, 0.717) is 16.5 Å². The van der Waals surface area contributed by atoms with E-state index in [-0.39, 0.29) is 6.61 Å². The molecule has 1 aromatic heterocycles. The number of rotatable bonds is 4. The van der Waals surface area contributed by atoms with Gasteiger partial charge in [0.25, 0.3) is 0 Å². The van der Waals surface area contributed by atoms with Crippen LogP contribution in [0.4, 0.5) is 0 Å². The maximum atomic E-state index is 10.1. The van der Waals surface area contributed by atoms with Gasteiger partial charge in [0.2, 0.25) is 0 Å². The van der Waals surface area contributed by atoms with Gasteiger partial charge < -0.3 is 14.3 Å². The molecule has 0 aliphatic carbocycles. The van der Waals surface area contributed by atoms with Crippen molar-refractivity contribution in [3.05, 3.63) is 65.4 Å². The van der Waals surface area contributed by atoms with E-state index < -0.39 is 6.10 Å². The van der Waals surface area contributed by atoms with E-state index in [0.717, 1.165) is 11.0 Å². The second-order valence-electron chi connectivity index (χ2n) is 4.47. The van der Waals surface area contributed by atoms with Crippen LogP contribution < -0.4 is 4.74 Å². The number of para-hydroxylation sites is 1. The maximum Gasteiger partial charge on any atom is 0.145 e. The van der Waals surface area contributed by atoms with Crippen molar-refractivity contribution in [2.45, 2.75) is 6.10 Å². The fourth-order valence-electron chi connectivity index (χ4n) is 1.98. The van der Waals surface area contributed by atoms with Crippen molar-refractivity contribution in [3.63, 3.8) is 0 Å². The molecule has 1 heterocycles. The zero-order chi connectivity index (χ0) is 13.9. The summed E-state index contributed by atoms with van der Waals surface area (Å²) < 4.78 is 11.1. The second kappa shape index (κ2) is 5.57. The van der Waals surface area contributed by atoms with Crippen LogP contribution in [0.25, 0.3) is 11.0 Å². The lowest BCUT2D eigenvalue weighted by atomic mass is 10.2. The van der Waals surface area contributed by atoms with Crippen LogP contribution in [0.1, 0.15) is 11.9 Å². The summed E-state index contributed by atoms with van der Waals surface area (Å²) in [6.45, 7) is 0.111. The Bertz CT molecular complexity index is 687. The smallest absolute Gasteiger partial charge is 0.145 e. The zero-order valence-electron chi connectivity index (χ0n) is 10.6. The van der Waals surface area contributed by atoms with Crippen LogP contribution in [0, 0.1) is 0 Å². The number of aliphatic hydroxyl groups excluding tert-OH is 1. The Kier molecular flexibility index (Phi) is 3.63. The van der Waals surface area contributed by atoms with Gasteiger partial charge in [-0.25, -0.2) is 0 Å². The summed E-state index contributed by atoms with van der Waals surface area (Å²) in [6.07, 6.45) is -0.818. The predicted molar refractivity (Wildman–Crippen MR) is 78.1 cm³/mol. The van der Waals surface area contributed by atoms with E-state index in [4.69, 9.17) is 20.8 Å². The van der Waals surface area contributed by atoms with Crippen molar-refractivity contribution < 1.29 is 14.3 Å². The van der Waals surface area contributed by atoms with Crippen molar-refractivity contribution in [2.24, 2.45) is 0 Å². The van der Waals surface area contributed by atoms with Gasteiger partial charge in [0, 0.05) is 10.4 Å². The first-order valence-corrected chi connectivity index (χ1v) is 6.65. The summed E-state index contributed by atoms with van der Waals surface area (Å²) >= 11 is 5.87. The molecule has 2 aromatic carbocycles. The van der Waals surface area contributed by atoms with Gasteiger partial charge in [0.15, 0.2) is 0 Å². The minimum atomic E-state index is -0.818. The number of fused-ring (bicyclic) bond motifs is 1. The summed E-state index contributed by atoms with van der Waals surface area (Å²) in [6, 6.07) is 16.5. The Morgan fingerprint density at radius 2 is 1.95 bits per heavy atom. The lowest BCUT2D eigenvalue weighted by molar-refractivity contribution is 0.0903. The van der Waals surface area contributed by atoms with Gasteiger partial charge in [-0.05, 0) is 30.3 Å². The molecule has 0 spiro atoms. The number of benzene rings is 2. The Labute approximate surface area is 121 Å². The van der Waals surface area contributed by atoms with Crippen LogP contribution >= 0.6 is 11.6 Å². The van der Waals surface area contributed by atoms with E-state index in [1.165, 1.54) is 0 Å². The minimum absolute atomic E-state index is 0.111. The molecule has 0 saturated heterocycles. The van der Waals surface area contributed by atoms with Gasteiger partial charge >= 0.3 is 0 Å². The van der Waals surface area contributed by atoms with Gasteiger partial charge in [-0.3, -0.25) is 0 Å². The molecule has 0 aliphatic rings. The molecule has 3 nitrogen and oxygen atoms in total. The molecule has 0 saturated carbocycles. The largest absolute Gasteiger partial charge is 0.490 e. The SMILES string of the molecule is OC(COc1cccc(Cl)c1)c1cc2ccccc2o1. The third-order valence-electron chi connectivity index (χ3n) is 2.98. The Morgan fingerprint density at radius 3 is 2.75 bits per heavy atom. The third kappa shape index (κ3) is 2.79. The summed E-state index contributed by atoms with van der Waals surface area (Å²) in [5, 5.41) is 11.7. The summed E-state index contributed by atoms with van der Waals surface area (Å²) in [5.74, 6) is 1.11. The molecule has 0 bridgehead atoms. The van der Waals surface area contributed by atoms with Crippen LogP contribution in [0.15, 0.2) is 59.0 Å². The molecular weight excluding hydrogens is 276 g/mol. The molecule has 0 fully saturated rings. The van der Waals surface area contributed by atoms with Crippen molar-refractivity contribution >= 4 is 22.6 Å². The number of ether oxygens (including phenoxy) is 1. The monoisotopic (exact) mass is 288 g/mol. The van der Waals surface area contributed by atoms with Gasteiger partial charge in [-0.2, -0.15) is 0 Å². The molecule has 4 heteroatoms. The lowest BCUT2D eigenvalue weighted by Gasteiger charge is -2.10. The van der Waals surface area contributed by atoms with Crippen LogP contribution in [0.3, 0.4) is 0 Å². The van der Waals surface area contributed by atoms with E-state index in [1.54, 1.807) is 24.3 Å². The average molecular weight is 289 g/mol. The topological polar surface area (TPSA) is 42.6 Å². The van der Waals surface area contributed by atoms with Crippen LogP contribution in [-0.2, 0) is 0 Å². The predicted octanol–water partition coefficient (Wildman–Crippen LogP) is 4.20. The van der Waals surface area contributed by atoms with Crippen molar-refractivity contribution in [1.82, 2.24) is 0 Å². The molecule has 0 amide bonds. The maximum absolute atomic E-state index is 10.1. The van der Waals surface area contributed by atoms with E-state index >= 15 is 0 Å². The fraction of sp³-hybridized carbons (Fsp3) is 0.125.